The minimum Gasteiger partial charge on any atom is -0.464 e. The zero-order valence-electron chi connectivity index (χ0n) is 9.19. The summed E-state index contributed by atoms with van der Waals surface area (Å²) in [6, 6.07) is -0.517. The molecular weight excluding hydrogens is 182 g/mol. The van der Waals surface area contributed by atoms with Gasteiger partial charge in [0.1, 0.15) is 0 Å². The molecule has 0 fully saturated rings. The minimum atomic E-state index is -1.19. The molecule has 2 unspecified atom stereocenters. The number of aliphatic hydroxyl groups is 1. The Kier molecular flexibility index (Phi) is 6.49. The van der Waals surface area contributed by atoms with Gasteiger partial charge in [-0.25, -0.2) is 4.79 Å². The van der Waals surface area contributed by atoms with Gasteiger partial charge in [-0.15, -0.1) is 0 Å². The second kappa shape index (κ2) is 6.79. The quantitative estimate of drug-likeness (QED) is 0.622. The second-order valence-electron chi connectivity index (χ2n) is 3.83. The number of ether oxygens (including phenoxy) is 1. The van der Waals surface area contributed by atoms with Crippen molar-refractivity contribution >= 4 is 5.97 Å². The van der Waals surface area contributed by atoms with Crippen molar-refractivity contribution in [3.8, 4) is 0 Å². The second-order valence-corrected chi connectivity index (χ2v) is 3.83. The number of aliphatic hydroxyl groups excluding tert-OH is 1. The van der Waals surface area contributed by atoms with Crippen LogP contribution in [0.2, 0.25) is 0 Å². The van der Waals surface area contributed by atoms with E-state index in [9.17, 15) is 9.90 Å². The maximum atomic E-state index is 11.1. The Morgan fingerprint density at radius 1 is 1.43 bits per heavy atom. The lowest BCUT2D eigenvalue weighted by Gasteiger charge is -2.17. The van der Waals surface area contributed by atoms with Gasteiger partial charge in [0.2, 0.25) is 0 Å². The van der Waals surface area contributed by atoms with E-state index in [1.807, 2.05) is 0 Å². The van der Waals surface area contributed by atoms with E-state index in [-0.39, 0.29) is 6.61 Å². The van der Waals surface area contributed by atoms with Gasteiger partial charge in [-0.05, 0) is 25.7 Å². The van der Waals surface area contributed by atoms with Crippen LogP contribution in [0.3, 0.4) is 0 Å². The van der Waals surface area contributed by atoms with Crippen LogP contribution in [0.1, 0.15) is 33.6 Å². The van der Waals surface area contributed by atoms with Gasteiger partial charge in [0, 0.05) is 6.04 Å². The third kappa shape index (κ3) is 5.19. The molecule has 4 heteroatoms. The maximum Gasteiger partial charge on any atom is 0.336 e. The Morgan fingerprint density at radius 2 is 2.00 bits per heavy atom. The van der Waals surface area contributed by atoms with Crippen molar-refractivity contribution in [2.75, 3.05) is 6.61 Å². The molecule has 14 heavy (non-hydrogen) atoms. The van der Waals surface area contributed by atoms with E-state index in [4.69, 9.17) is 5.73 Å². The van der Waals surface area contributed by atoms with E-state index in [0.29, 0.717) is 12.3 Å². The summed E-state index contributed by atoms with van der Waals surface area (Å²) >= 11 is 0. The molecule has 0 aliphatic rings. The van der Waals surface area contributed by atoms with Crippen molar-refractivity contribution in [1.29, 1.82) is 0 Å². The first-order valence-electron chi connectivity index (χ1n) is 5.09. The number of nitrogens with two attached hydrogens (primary N) is 1. The van der Waals surface area contributed by atoms with Crippen LogP contribution in [0.15, 0.2) is 0 Å². The molecule has 0 saturated heterocycles. The van der Waals surface area contributed by atoms with Crippen LogP contribution in [-0.2, 0) is 9.53 Å². The van der Waals surface area contributed by atoms with Crippen LogP contribution in [0.4, 0.5) is 0 Å². The lowest BCUT2D eigenvalue weighted by atomic mass is 10.0. The molecule has 0 rings (SSSR count). The van der Waals surface area contributed by atoms with Crippen molar-refractivity contribution < 1.29 is 14.6 Å². The Hall–Kier alpha value is -0.610. The molecule has 4 nitrogen and oxygen atoms in total. The normalized spacial score (nSPS) is 15.3. The number of rotatable bonds is 6. The number of carbonyl (C=O) groups is 1. The summed E-state index contributed by atoms with van der Waals surface area (Å²) in [4.78, 5) is 11.1. The number of esters is 1. The molecule has 3 N–H and O–H groups in total. The van der Waals surface area contributed by atoms with Crippen molar-refractivity contribution in [3.05, 3.63) is 0 Å². The van der Waals surface area contributed by atoms with E-state index < -0.39 is 18.1 Å². The van der Waals surface area contributed by atoms with Gasteiger partial charge in [-0.3, -0.25) is 0 Å². The van der Waals surface area contributed by atoms with Gasteiger partial charge < -0.3 is 15.6 Å². The van der Waals surface area contributed by atoms with Gasteiger partial charge in [-0.1, -0.05) is 13.8 Å². The SMILES string of the molecule is CCOC(=O)C(O)C(N)CCC(C)C. The largest absolute Gasteiger partial charge is 0.464 e. The van der Waals surface area contributed by atoms with E-state index in [0.717, 1.165) is 6.42 Å². The Labute approximate surface area is 85.4 Å². The van der Waals surface area contributed by atoms with Gasteiger partial charge in [-0.2, -0.15) is 0 Å². The highest BCUT2D eigenvalue weighted by Crippen LogP contribution is 2.08. The molecule has 0 aliphatic carbocycles. The van der Waals surface area contributed by atoms with Crippen LogP contribution >= 0.6 is 0 Å². The van der Waals surface area contributed by atoms with Crippen LogP contribution in [0.5, 0.6) is 0 Å². The Morgan fingerprint density at radius 3 is 2.43 bits per heavy atom. The van der Waals surface area contributed by atoms with Crippen LogP contribution in [0.25, 0.3) is 0 Å². The highest BCUT2D eigenvalue weighted by atomic mass is 16.5. The zero-order chi connectivity index (χ0) is 11.1. The average molecular weight is 203 g/mol. The van der Waals surface area contributed by atoms with E-state index in [2.05, 4.69) is 18.6 Å². The van der Waals surface area contributed by atoms with Crippen LogP contribution < -0.4 is 5.73 Å². The molecule has 84 valence electrons. The third-order valence-corrected chi connectivity index (χ3v) is 2.01. The predicted molar refractivity (Wildman–Crippen MR) is 54.7 cm³/mol. The van der Waals surface area contributed by atoms with Crippen molar-refractivity contribution in [2.45, 2.75) is 45.8 Å². The zero-order valence-corrected chi connectivity index (χ0v) is 9.19. The first-order valence-corrected chi connectivity index (χ1v) is 5.09. The molecular formula is C10H21NO3. The summed E-state index contributed by atoms with van der Waals surface area (Å²) in [7, 11) is 0. The topological polar surface area (TPSA) is 72.5 Å². The maximum absolute atomic E-state index is 11.1. The lowest BCUT2D eigenvalue weighted by Crippen LogP contribution is -2.41. The molecule has 0 aromatic carbocycles. The lowest BCUT2D eigenvalue weighted by molar-refractivity contribution is -0.154. The predicted octanol–water partition coefficient (Wildman–Crippen LogP) is 0.674. The van der Waals surface area contributed by atoms with Crippen molar-refractivity contribution in [1.82, 2.24) is 0 Å². The summed E-state index contributed by atoms with van der Waals surface area (Å²) in [5.74, 6) is -0.0980. The van der Waals surface area contributed by atoms with Gasteiger partial charge >= 0.3 is 5.97 Å². The summed E-state index contributed by atoms with van der Waals surface area (Å²) in [5.41, 5.74) is 5.65. The Balaban J connectivity index is 3.85. The molecule has 0 spiro atoms. The fourth-order valence-corrected chi connectivity index (χ4v) is 1.09. The fraction of sp³-hybridized carbons (Fsp3) is 0.900. The number of hydrogen-bond donors (Lipinski definition) is 2. The molecule has 0 aromatic rings. The van der Waals surface area contributed by atoms with Crippen molar-refractivity contribution in [3.63, 3.8) is 0 Å². The van der Waals surface area contributed by atoms with Crippen molar-refractivity contribution in [2.24, 2.45) is 11.7 Å². The minimum absolute atomic E-state index is 0.271. The summed E-state index contributed by atoms with van der Waals surface area (Å²) < 4.78 is 4.66. The average Bonchev–Trinajstić information content (AvgIpc) is 2.13. The van der Waals surface area contributed by atoms with Gasteiger partial charge in [0.25, 0.3) is 0 Å². The van der Waals surface area contributed by atoms with Crippen LogP contribution in [-0.4, -0.2) is 29.8 Å². The molecule has 0 amide bonds. The number of hydrogen-bond acceptors (Lipinski definition) is 4. The monoisotopic (exact) mass is 203 g/mol. The molecule has 0 aliphatic heterocycles. The molecule has 0 bridgehead atoms. The number of carbonyl (C=O) groups excluding carboxylic acids is 1. The molecule has 0 saturated carbocycles. The van der Waals surface area contributed by atoms with E-state index >= 15 is 0 Å². The van der Waals surface area contributed by atoms with E-state index in [1.54, 1.807) is 6.92 Å². The first kappa shape index (κ1) is 13.4. The smallest absolute Gasteiger partial charge is 0.336 e. The first-order chi connectivity index (χ1) is 6.49. The highest BCUT2D eigenvalue weighted by Gasteiger charge is 2.23. The molecule has 0 radical (unpaired) electrons. The Bertz CT molecular complexity index is 171. The highest BCUT2D eigenvalue weighted by molar-refractivity contribution is 5.75. The third-order valence-electron chi connectivity index (χ3n) is 2.01. The van der Waals surface area contributed by atoms with Crippen LogP contribution in [0, 0.1) is 5.92 Å². The molecule has 2 atom stereocenters. The summed E-state index contributed by atoms with van der Waals surface area (Å²) in [6.07, 6.45) is 0.351. The molecule has 0 aromatic heterocycles. The standard InChI is InChI=1S/C10H21NO3/c1-4-14-10(13)9(12)8(11)6-5-7(2)3/h7-9,12H,4-6,11H2,1-3H3. The summed E-state index contributed by atoms with van der Waals surface area (Å²) in [5, 5.41) is 9.43. The van der Waals surface area contributed by atoms with E-state index in [1.165, 1.54) is 0 Å². The fourth-order valence-electron chi connectivity index (χ4n) is 1.09. The van der Waals surface area contributed by atoms with Gasteiger partial charge in [0.05, 0.1) is 6.61 Å². The summed E-state index contributed by atoms with van der Waals surface area (Å²) in [6.45, 7) is 6.12. The molecule has 0 heterocycles. The van der Waals surface area contributed by atoms with Gasteiger partial charge in [0.15, 0.2) is 6.10 Å².